The summed E-state index contributed by atoms with van der Waals surface area (Å²) in [5.41, 5.74) is 0.991. The molecule has 0 aliphatic heterocycles. The van der Waals surface area contributed by atoms with Gasteiger partial charge in [-0.25, -0.2) is 0 Å². The van der Waals surface area contributed by atoms with E-state index in [1.165, 1.54) is 18.2 Å². The second-order valence-electron chi connectivity index (χ2n) is 7.91. The van der Waals surface area contributed by atoms with Crippen molar-refractivity contribution >= 4 is 51.1 Å². The Morgan fingerprint density at radius 1 is 1.10 bits per heavy atom. The van der Waals surface area contributed by atoms with E-state index in [1.54, 1.807) is 4.90 Å². The van der Waals surface area contributed by atoms with Crippen molar-refractivity contribution in [1.82, 2.24) is 10.2 Å². The van der Waals surface area contributed by atoms with Crippen LogP contribution in [0.15, 0.2) is 57.9 Å². The van der Waals surface area contributed by atoms with E-state index in [0.29, 0.717) is 11.6 Å². The third-order valence-electron chi connectivity index (χ3n) is 5.56. The van der Waals surface area contributed by atoms with E-state index in [1.807, 2.05) is 55.5 Å². The zero-order valence-corrected chi connectivity index (χ0v) is 20.8. The first-order valence-corrected chi connectivity index (χ1v) is 12.8. The third-order valence-corrected chi connectivity index (χ3v) is 7.34. The Bertz CT molecular complexity index is 870. The van der Waals surface area contributed by atoms with Crippen LogP contribution in [-0.2, 0) is 16.1 Å². The van der Waals surface area contributed by atoms with Crippen LogP contribution in [-0.4, -0.2) is 34.6 Å². The van der Waals surface area contributed by atoms with E-state index in [4.69, 9.17) is 11.6 Å². The molecule has 2 aromatic rings. The molecule has 0 spiro atoms. The van der Waals surface area contributed by atoms with Crippen LogP contribution in [0.4, 0.5) is 0 Å². The molecule has 0 saturated heterocycles. The maximum Gasteiger partial charge on any atom is 0.242 e. The van der Waals surface area contributed by atoms with Crippen molar-refractivity contribution in [3.8, 4) is 0 Å². The lowest BCUT2D eigenvalue weighted by Gasteiger charge is -2.31. The summed E-state index contributed by atoms with van der Waals surface area (Å²) < 4.78 is 0.982. The van der Waals surface area contributed by atoms with Crippen LogP contribution in [0, 0.1) is 0 Å². The van der Waals surface area contributed by atoms with Crippen LogP contribution in [0.25, 0.3) is 0 Å². The standard InChI is InChI=1S/C24H28BrClN2O2S/c1-17(24(30)27-21-5-3-2-4-6-21)28(15-18-7-9-19(25)10-8-18)23(29)16-31-22-13-11-20(26)12-14-22/h7-14,17,21H,2-6,15-16H2,1H3,(H,27,30)/t17-/m0/s1. The van der Waals surface area contributed by atoms with Gasteiger partial charge in [0.05, 0.1) is 5.75 Å². The van der Waals surface area contributed by atoms with Gasteiger partial charge in [0, 0.05) is 27.0 Å². The molecule has 0 bridgehead atoms. The molecule has 0 unspecified atom stereocenters. The van der Waals surface area contributed by atoms with Gasteiger partial charge in [0.15, 0.2) is 0 Å². The second kappa shape index (κ2) is 11.9. The second-order valence-corrected chi connectivity index (χ2v) is 10.3. The molecule has 1 aliphatic rings. The lowest BCUT2D eigenvalue weighted by molar-refractivity contribution is -0.139. The summed E-state index contributed by atoms with van der Waals surface area (Å²) in [5, 5.41) is 3.83. The number of halogens is 2. The van der Waals surface area contributed by atoms with Gasteiger partial charge in [0.2, 0.25) is 11.8 Å². The van der Waals surface area contributed by atoms with Gasteiger partial charge in [-0.2, -0.15) is 0 Å². The summed E-state index contributed by atoms with van der Waals surface area (Å²) in [7, 11) is 0. The van der Waals surface area contributed by atoms with Crippen molar-refractivity contribution in [2.24, 2.45) is 0 Å². The monoisotopic (exact) mass is 522 g/mol. The number of thioether (sulfide) groups is 1. The highest BCUT2D eigenvalue weighted by molar-refractivity contribution is 9.10. The first kappa shape index (κ1) is 24.1. The van der Waals surface area contributed by atoms with E-state index in [2.05, 4.69) is 21.2 Å². The number of carbonyl (C=O) groups is 2. The van der Waals surface area contributed by atoms with Gasteiger partial charge in [0.25, 0.3) is 0 Å². The smallest absolute Gasteiger partial charge is 0.242 e. The predicted octanol–water partition coefficient (Wildman–Crippen LogP) is 6.06. The molecule has 2 aromatic carbocycles. The van der Waals surface area contributed by atoms with E-state index < -0.39 is 6.04 Å². The van der Waals surface area contributed by atoms with Gasteiger partial charge in [-0.1, -0.05) is 58.9 Å². The molecule has 7 heteroatoms. The Labute approximate surface area is 202 Å². The first-order valence-electron chi connectivity index (χ1n) is 10.6. The number of rotatable bonds is 8. The van der Waals surface area contributed by atoms with Gasteiger partial charge in [-0.3, -0.25) is 9.59 Å². The quantitative estimate of drug-likeness (QED) is 0.428. The minimum Gasteiger partial charge on any atom is -0.352 e. The topological polar surface area (TPSA) is 49.4 Å². The van der Waals surface area contributed by atoms with Crippen molar-refractivity contribution in [3.05, 3.63) is 63.6 Å². The van der Waals surface area contributed by atoms with E-state index >= 15 is 0 Å². The fourth-order valence-corrected chi connectivity index (χ4v) is 4.87. The molecular formula is C24H28BrClN2O2S. The van der Waals surface area contributed by atoms with Crippen molar-refractivity contribution in [2.75, 3.05) is 5.75 Å². The fourth-order valence-electron chi connectivity index (χ4n) is 3.70. The van der Waals surface area contributed by atoms with Crippen molar-refractivity contribution in [2.45, 2.75) is 62.6 Å². The molecule has 1 aliphatic carbocycles. The van der Waals surface area contributed by atoms with Gasteiger partial charge in [-0.15, -0.1) is 11.8 Å². The van der Waals surface area contributed by atoms with Crippen LogP contribution in [0.3, 0.4) is 0 Å². The molecule has 3 rings (SSSR count). The van der Waals surface area contributed by atoms with Gasteiger partial charge in [0.1, 0.15) is 6.04 Å². The first-order chi connectivity index (χ1) is 14.9. The normalized spacial score (nSPS) is 15.3. The maximum atomic E-state index is 13.2. The van der Waals surface area contributed by atoms with E-state index in [9.17, 15) is 9.59 Å². The lowest BCUT2D eigenvalue weighted by Crippen LogP contribution is -2.50. The van der Waals surface area contributed by atoms with Crippen molar-refractivity contribution in [1.29, 1.82) is 0 Å². The molecular weight excluding hydrogens is 496 g/mol. The highest BCUT2D eigenvalue weighted by atomic mass is 79.9. The highest BCUT2D eigenvalue weighted by Gasteiger charge is 2.28. The summed E-state index contributed by atoms with van der Waals surface area (Å²) in [5.74, 6) is 0.127. The minimum absolute atomic E-state index is 0.0610. The van der Waals surface area contributed by atoms with Crippen LogP contribution in [0.2, 0.25) is 5.02 Å². The highest BCUT2D eigenvalue weighted by Crippen LogP contribution is 2.23. The van der Waals surface area contributed by atoms with Crippen LogP contribution >= 0.6 is 39.3 Å². The number of amides is 2. The van der Waals surface area contributed by atoms with Crippen LogP contribution in [0.5, 0.6) is 0 Å². The van der Waals surface area contributed by atoms with Gasteiger partial charge in [-0.05, 0) is 61.7 Å². The molecule has 0 heterocycles. The zero-order valence-electron chi connectivity index (χ0n) is 17.7. The van der Waals surface area contributed by atoms with Crippen LogP contribution < -0.4 is 5.32 Å². The SMILES string of the molecule is C[C@@H](C(=O)NC1CCCCC1)N(Cc1ccc(Br)cc1)C(=O)CSc1ccc(Cl)cc1. The fraction of sp³-hybridized carbons (Fsp3) is 0.417. The maximum absolute atomic E-state index is 13.2. The van der Waals surface area contributed by atoms with E-state index in [0.717, 1.165) is 40.6 Å². The molecule has 2 amide bonds. The Morgan fingerprint density at radius 3 is 2.39 bits per heavy atom. The van der Waals surface area contributed by atoms with E-state index in [-0.39, 0.29) is 23.6 Å². The van der Waals surface area contributed by atoms with Crippen molar-refractivity contribution in [3.63, 3.8) is 0 Å². The number of nitrogens with one attached hydrogen (secondary N) is 1. The number of hydrogen-bond donors (Lipinski definition) is 1. The third kappa shape index (κ3) is 7.55. The number of carbonyl (C=O) groups excluding carboxylic acids is 2. The van der Waals surface area contributed by atoms with Crippen molar-refractivity contribution < 1.29 is 9.59 Å². The molecule has 0 radical (unpaired) electrons. The summed E-state index contributed by atoms with van der Waals surface area (Å²) in [4.78, 5) is 28.8. The largest absolute Gasteiger partial charge is 0.352 e. The molecule has 1 saturated carbocycles. The Balaban J connectivity index is 1.69. The number of benzene rings is 2. The number of nitrogens with zero attached hydrogens (tertiary/aromatic N) is 1. The summed E-state index contributed by atoms with van der Waals surface area (Å²) >= 11 is 10.9. The molecule has 1 atom stereocenters. The summed E-state index contributed by atoms with van der Waals surface area (Å²) in [6, 6.07) is 15.0. The molecule has 1 fully saturated rings. The summed E-state index contributed by atoms with van der Waals surface area (Å²) in [6.07, 6.45) is 5.58. The zero-order chi connectivity index (χ0) is 22.2. The number of hydrogen-bond acceptors (Lipinski definition) is 3. The molecule has 1 N–H and O–H groups in total. The molecule has 4 nitrogen and oxygen atoms in total. The average molecular weight is 524 g/mol. The Morgan fingerprint density at radius 2 is 1.74 bits per heavy atom. The molecule has 31 heavy (non-hydrogen) atoms. The Hall–Kier alpha value is -1.50. The van der Waals surface area contributed by atoms with Gasteiger partial charge >= 0.3 is 0 Å². The average Bonchev–Trinajstić information content (AvgIpc) is 2.78. The predicted molar refractivity (Wildman–Crippen MR) is 131 cm³/mol. The van der Waals surface area contributed by atoms with Crippen LogP contribution in [0.1, 0.15) is 44.6 Å². The summed E-state index contributed by atoms with van der Waals surface area (Å²) in [6.45, 7) is 2.22. The molecule has 0 aromatic heterocycles. The lowest BCUT2D eigenvalue weighted by atomic mass is 9.95. The molecule has 166 valence electrons. The Kier molecular flexibility index (Phi) is 9.30. The van der Waals surface area contributed by atoms with Gasteiger partial charge < -0.3 is 10.2 Å². The minimum atomic E-state index is -0.538.